The Hall–Kier alpha value is 0.564. The molecule has 1 radical (unpaired) electrons. The Kier molecular flexibility index (Phi) is 10.1. The van der Waals surface area contributed by atoms with Gasteiger partial charge in [-0.25, -0.2) is 0 Å². The molecule has 0 aromatic heterocycles. The topological polar surface area (TPSA) is 40.5 Å². The van der Waals surface area contributed by atoms with E-state index in [4.69, 9.17) is 0 Å². The molecule has 0 bridgehead atoms. The van der Waals surface area contributed by atoms with E-state index in [1.54, 1.807) is 0 Å². The molecule has 0 amide bonds. The molecular formula is C16H31NO2Y-2. The first-order valence-corrected chi connectivity index (χ1v) is 7.05. The number of hydroxylamine groups is 2. The molecule has 0 aliphatic carbocycles. The SMILES string of the molecule is [CH2-]C(=O)CC1CC(C)(C)N(O)C(C)(C)C1.[CH2-]C(C)C.[Y]. The van der Waals surface area contributed by atoms with Gasteiger partial charge in [0.25, 0.3) is 0 Å². The molecule has 0 saturated carbocycles. The van der Waals surface area contributed by atoms with Gasteiger partial charge in [-0.3, -0.25) is 0 Å². The molecule has 3 nitrogen and oxygen atoms in total. The average Bonchev–Trinajstić information content (AvgIpc) is 2.10. The van der Waals surface area contributed by atoms with Crippen LogP contribution in [0.3, 0.4) is 0 Å². The minimum atomic E-state index is -0.262. The van der Waals surface area contributed by atoms with Crippen LogP contribution in [0.1, 0.15) is 60.8 Å². The summed E-state index contributed by atoms with van der Waals surface area (Å²) >= 11 is 0. The van der Waals surface area contributed by atoms with Crippen LogP contribution in [0.25, 0.3) is 0 Å². The monoisotopic (exact) mass is 358 g/mol. The fourth-order valence-electron chi connectivity index (χ4n) is 2.94. The molecule has 0 unspecified atom stereocenters. The number of carbonyl (C=O) groups is 1. The van der Waals surface area contributed by atoms with Gasteiger partial charge in [-0.1, -0.05) is 13.8 Å². The smallest absolute Gasteiger partial charge is 0.0413 e. The van der Waals surface area contributed by atoms with Crippen LogP contribution in [0.5, 0.6) is 0 Å². The first-order valence-electron chi connectivity index (χ1n) is 7.05. The number of carbonyl (C=O) groups excluding carboxylic acids is 1. The zero-order chi connectivity index (χ0) is 15.4. The van der Waals surface area contributed by atoms with Crippen LogP contribution in [-0.2, 0) is 37.5 Å². The average molecular weight is 358 g/mol. The number of hydrogen-bond donors (Lipinski definition) is 1. The molecule has 4 heteroatoms. The zero-order valence-electron chi connectivity index (χ0n) is 14.1. The molecule has 0 aromatic rings. The van der Waals surface area contributed by atoms with Crippen molar-refractivity contribution in [1.82, 2.24) is 5.06 Å². The Labute approximate surface area is 150 Å². The van der Waals surface area contributed by atoms with Crippen molar-refractivity contribution in [3.8, 4) is 0 Å². The summed E-state index contributed by atoms with van der Waals surface area (Å²) in [6.07, 6.45) is 2.21. The zero-order valence-corrected chi connectivity index (χ0v) is 16.9. The van der Waals surface area contributed by atoms with Crippen LogP contribution in [0.4, 0.5) is 0 Å². The molecular weight excluding hydrogens is 327 g/mol. The van der Waals surface area contributed by atoms with E-state index >= 15 is 0 Å². The van der Waals surface area contributed by atoms with Gasteiger partial charge in [0.2, 0.25) is 0 Å². The summed E-state index contributed by atoms with van der Waals surface area (Å²) in [5.74, 6) is 0.918. The number of Topliss-reactive ketones (excluding diaryl/α,β-unsaturated/α-hetero) is 1. The van der Waals surface area contributed by atoms with E-state index in [9.17, 15) is 10.0 Å². The van der Waals surface area contributed by atoms with Crippen LogP contribution in [0.15, 0.2) is 0 Å². The van der Waals surface area contributed by atoms with E-state index in [0.717, 1.165) is 12.8 Å². The minimum Gasteiger partial charge on any atom is -0.341 e. The van der Waals surface area contributed by atoms with Gasteiger partial charge in [0, 0.05) is 43.8 Å². The maximum atomic E-state index is 11.0. The summed E-state index contributed by atoms with van der Waals surface area (Å²) in [6.45, 7) is 19.2. The molecule has 1 N–H and O–H groups in total. The molecule has 1 fully saturated rings. The Morgan fingerprint density at radius 2 is 1.55 bits per heavy atom. The fourth-order valence-corrected chi connectivity index (χ4v) is 2.94. The van der Waals surface area contributed by atoms with E-state index in [1.165, 1.54) is 5.06 Å². The third-order valence-electron chi connectivity index (χ3n) is 3.24. The van der Waals surface area contributed by atoms with Crippen molar-refractivity contribution >= 4 is 5.78 Å². The fraction of sp³-hybridized carbons (Fsp3) is 0.812. The first-order chi connectivity index (χ1) is 8.38. The summed E-state index contributed by atoms with van der Waals surface area (Å²) in [4.78, 5) is 11.0. The first kappa shape index (κ1) is 22.8. The predicted molar refractivity (Wildman–Crippen MR) is 79.7 cm³/mol. The summed E-state index contributed by atoms with van der Waals surface area (Å²) in [6, 6.07) is 0. The number of rotatable bonds is 2. The Balaban J connectivity index is 0. The third kappa shape index (κ3) is 8.12. The van der Waals surface area contributed by atoms with Gasteiger partial charge < -0.3 is 23.8 Å². The van der Waals surface area contributed by atoms with Crippen LogP contribution >= 0.6 is 0 Å². The van der Waals surface area contributed by atoms with Gasteiger partial charge in [-0.05, 0) is 58.7 Å². The van der Waals surface area contributed by atoms with Crippen LogP contribution in [-0.4, -0.2) is 27.1 Å². The largest absolute Gasteiger partial charge is 0.341 e. The number of hydrogen-bond acceptors (Lipinski definition) is 3. The van der Waals surface area contributed by atoms with Gasteiger partial charge in [0.15, 0.2) is 0 Å². The molecule has 0 spiro atoms. The van der Waals surface area contributed by atoms with Gasteiger partial charge >= 0.3 is 0 Å². The maximum Gasteiger partial charge on any atom is 0.0413 e. The van der Waals surface area contributed by atoms with Crippen LogP contribution in [0.2, 0.25) is 0 Å². The van der Waals surface area contributed by atoms with Crippen molar-refractivity contribution in [2.45, 2.75) is 71.9 Å². The second kappa shape index (κ2) is 8.87. The molecule has 20 heavy (non-hydrogen) atoms. The maximum absolute atomic E-state index is 11.0. The Morgan fingerprint density at radius 3 is 1.80 bits per heavy atom. The summed E-state index contributed by atoms with van der Waals surface area (Å²) in [5.41, 5.74) is -0.524. The molecule has 1 saturated heterocycles. The van der Waals surface area contributed by atoms with Crippen molar-refractivity contribution in [2.75, 3.05) is 0 Å². The second-order valence-corrected chi connectivity index (χ2v) is 7.35. The minimum absolute atomic E-state index is 0. The van der Waals surface area contributed by atoms with Gasteiger partial charge in [0.1, 0.15) is 0 Å². The van der Waals surface area contributed by atoms with E-state index in [1.807, 2.05) is 27.7 Å². The van der Waals surface area contributed by atoms with Crippen molar-refractivity contribution in [2.24, 2.45) is 11.8 Å². The third-order valence-corrected chi connectivity index (χ3v) is 3.24. The van der Waals surface area contributed by atoms with Gasteiger partial charge in [-0.2, -0.15) is 11.0 Å². The van der Waals surface area contributed by atoms with E-state index in [2.05, 4.69) is 27.7 Å². The normalized spacial score (nSPS) is 21.6. The van der Waals surface area contributed by atoms with Crippen molar-refractivity contribution in [3.05, 3.63) is 13.8 Å². The van der Waals surface area contributed by atoms with Crippen molar-refractivity contribution in [3.63, 3.8) is 0 Å². The molecule has 0 atom stereocenters. The molecule has 1 aliphatic rings. The quantitative estimate of drug-likeness (QED) is 0.761. The molecule has 1 heterocycles. The molecule has 1 rings (SSSR count). The van der Waals surface area contributed by atoms with E-state index in [0.29, 0.717) is 18.3 Å². The van der Waals surface area contributed by atoms with Crippen molar-refractivity contribution < 1.29 is 42.7 Å². The summed E-state index contributed by atoms with van der Waals surface area (Å²) < 4.78 is 0. The molecule has 0 aromatic carbocycles. The summed E-state index contributed by atoms with van der Waals surface area (Å²) in [7, 11) is 0. The number of nitrogens with zero attached hydrogens (tertiary/aromatic N) is 1. The van der Waals surface area contributed by atoms with Crippen LogP contribution in [0, 0.1) is 25.7 Å². The predicted octanol–water partition coefficient (Wildman–Crippen LogP) is 3.91. The Morgan fingerprint density at radius 1 is 1.25 bits per heavy atom. The standard InChI is InChI=1S/C12H22NO2.C4H9.Y/c1-9(14)6-10-7-11(2,3)13(15)12(4,5)8-10;1-4(2)3;/h10,15H,1,6-8H2,2-5H3;4H,1H2,2-3H3;/q2*-1;. The van der Waals surface area contributed by atoms with Gasteiger partial charge in [0.05, 0.1) is 0 Å². The second-order valence-electron chi connectivity index (χ2n) is 7.35. The summed E-state index contributed by atoms with van der Waals surface area (Å²) in [5, 5.41) is 11.5. The molecule has 1 aliphatic heterocycles. The van der Waals surface area contributed by atoms with E-state index in [-0.39, 0.29) is 49.6 Å². The Bertz CT molecular complexity index is 280. The number of piperidine rings is 1. The van der Waals surface area contributed by atoms with E-state index < -0.39 is 0 Å². The van der Waals surface area contributed by atoms with Crippen LogP contribution < -0.4 is 0 Å². The number of ketones is 1. The van der Waals surface area contributed by atoms with Crippen molar-refractivity contribution in [1.29, 1.82) is 0 Å². The molecule has 117 valence electrons. The van der Waals surface area contributed by atoms with Gasteiger partial charge in [-0.15, -0.1) is 0 Å².